The molecule has 2 aromatic carbocycles. The highest BCUT2D eigenvalue weighted by Crippen LogP contribution is 2.28. The van der Waals surface area contributed by atoms with Crippen LogP contribution >= 0.6 is 0 Å². The van der Waals surface area contributed by atoms with E-state index in [1.807, 2.05) is 18.2 Å². The Morgan fingerprint density at radius 1 is 1.10 bits per heavy atom. The minimum absolute atomic E-state index is 0.0460. The van der Waals surface area contributed by atoms with Crippen LogP contribution in [0.1, 0.15) is 16.1 Å². The average Bonchev–Trinajstić information content (AvgIpc) is 3.17. The number of aromatic amines is 1. The van der Waals surface area contributed by atoms with E-state index < -0.39 is 10.0 Å². The van der Waals surface area contributed by atoms with Crippen LogP contribution in [0.5, 0.6) is 0 Å². The van der Waals surface area contributed by atoms with Gasteiger partial charge in [-0.15, -0.1) is 0 Å². The lowest BCUT2D eigenvalue weighted by atomic mass is 10.1. The first-order chi connectivity index (χ1) is 14.3. The number of sulfonamides is 1. The lowest BCUT2D eigenvalue weighted by Gasteiger charge is -2.34. The molecule has 9 heteroatoms. The van der Waals surface area contributed by atoms with Crippen LogP contribution in [0, 0.1) is 0 Å². The van der Waals surface area contributed by atoms with E-state index in [9.17, 15) is 13.2 Å². The molecule has 0 bridgehead atoms. The molecule has 30 heavy (non-hydrogen) atoms. The highest BCUT2D eigenvalue weighted by molar-refractivity contribution is 7.89. The van der Waals surface area contributed by atoms with Crippen LogP contribution in [0.2, 0.25) is 0 Å². The number of likely N-dealkylation sites (N-methyl/N-ethyl adjacent to an activating group) is 1. The van der Waals surface area contributed by atoms with Crippen LogP contribution in [-0.2, 0) is 16.6 Å². The van der Waals surface area contributed by atoms with Crippen molar-refractivity contribution in [2.24, 2.45) is 5.14 Å². The Labute approximate surface area is 175 Å². The van der Waals surface area contributed by atoms with Gasteiger partial charge >= 0.3 is 0 Å². The van der Waals surface area contributed by atoms with Crippen LogP contribution < -0.4 is 15.4 Å². The number of anilines is 1. The molecule has 0 saturated carbocycles. The monoisotopic (exact) mass is 427 g/mol. The smallest absolute Gasteiger partial charge is 0.267 e. The summed E-state index contributed by atoms with van der Waals surface area (Å²) in [5, 5.41) is 9.01. The molecular formula is C21H25N5O3S. The Balaban J connectivity index is 1.48. The van der Waals surface area contributed by atoms with Gasteiger partial charge in [-0.2, -0.15) is 0 Å². The summed E-state index contributed by atoms with van der Waals surface area (Å²) in [6, 6.07) is 14.1. The van der Waals surface area contributed by atoms with E-state index in [2.05, 4.69) is 33.2 Å². The molecule has 0 spiro atoms. The third kappa shape index (κ3) is 4.33. The van der Waals surface area contributed by atoms with Gasteiger partial charge in [0.1, 0.15) is 5.69 Å². The number of hydrogen-bond acceptors (Lipinski definition) is 5. The SMILES string of the molecule is CN1CCN(c2cccc3[nH]c(C(=O)NCc4ccc(S(N)(=O)=O)cc4)cc23)CC1. The number of carbonyl (C=O) groups excluding carboxylic acids is 1. The van der Waals surface area contributed by atoms with Gasteiger partial charge in [0.25, 0.3) is 5.91 Å². The van der Waals surface area contributed by atoms with Crippen molar-refractivity contribution in [2.75, 3.05) is 38.1 Å². The van der Waals surface area contributed by atoms with Gasteiger partial charge < -0.3 is 20.1 Å². The summed E-state index contributed by atoms with van der Waals surface area (Å²) in [6.45, 7) is 4.22. The Morgan fingerprint density at radius 2 is 1.80 bits per heavy atom. The Hall–Kier alpha value is -2.88. The first kappa shape index (κ1) is 20.4. The number of nitrogens with zero attached hydrogens (tertiary/aromatic N) is 2. The van der Waals surface area contributed by atoms with Crippen LogP contribution in [0.3, 0.4) is 0 Å². The number of nitrogens with one attached hydrogen (secondary N) is 2. The second-order valence-corrected chi connectivity index (χ2v) is 9.14. The Bertz CT molecular complexity index is 1160. The molecule has 0 atom stereocenters. The van der Waals surface area contributed by atoms with Crippen LogP contribution in [0.15, 0.2) is 53.4 Å². The summed E-state index contributed by atoms with van der Waals surface area (Å²) in [6.07, 6.45) is 0. The molecule has 1 aliphatic rings. The van der Waals surface area contributed by atoms with Gasteiger partial charge in [0, 0.05) is 49.3 Å². The van der Waals surface area contributed by atoms with Gasteiger partial charge in [-0.25, -0.2) is 13.6 Å². The predicted molar refractivity (Wildman–Crippen MR) is 117 cm³/mol. The lowest BCUT2D eigenvalue weighted by molar-refractivity contribution is 0.0946. The topological polar surface area (TPSA) is 112 Å². The minimum Gasteiger partial charge on any atom is -0.368 e. The molecular weight excluding hydrogens is 402 g/mol. The molecule has 4 N–H and O–H groups in total. The molecule has 4 rings (SSSR count). The summed E-state index contributed by atoms with van der Waals surface area (Å²) in [5.74, 6) is -0.217. The normalized spacial score (nSPS) is 15.5. The van der Waals surface area contributed by atoms with E-state index in [4.69, 9.17) is 5.14 Å². The molecule has 1 fully saturated rings. The fourth-order valence-electron chi connectivity index (χ4n) is 3.66. The van der Waals surface area contributed by atoms with Crippen molar-refractivity contribution in [3.05, 3.63) is 59.8 Å². The quantitative estimate of drug-likeness (QED) is 0.571. The number of benzene rings is 2. The molecule has 0 aliphatic carbocycles. The number of amides is 1. The van der Waals surface area contributed by atoms with Crippen molar-refractivity contribution in [3.8, 4) is 0 Å². The maximum Gasteiger partial charge on any atom is 0.267 e. The fourth-order valence-corrected chi connectivity index (χ4v) is 4.17. The van der Waals surface area contributed by atoms with E-state index >= 15 is 0 Å². The third-order valence-electron chi connectivity index (χ3n) is 5.43. The summed E-state index contributed by atoms with van der Waals surface area (Å²) < 4.78 is 22.7. The zero-order chi connectivity index (χ0) is 21.3. The van der Waals surface area contributed by atoms with Crippen molar-refractivity contribution in [2.45, 2.75) is 11.4 Å². The molecule has 8 nitrogen and oxygen atoms in total. The molecule has 1 aliphatic heterocycles. The number of H-pyrrole nitrogens is 1. The summed E-state index contributed by atoms with van der Waals surface area (Å²) in [7, 11) is -1.60. The first-order valence-corrected chi connectivity index (χ1v) is 11.3. The van der Waals surface area contributed by atoms with E-state index in [0.29, 0.717) is 5.69 Å². The average molecular weight is 428 g/mol. The molecule has 3 aromatic rings. The van der Waals surface area contributed by atoms with Gasteiger partial charge in [-0.1, -0.05) is 18.2 Å². The van der Waals surface area contributed by atoms with Crippen LogP contribution in [0.4, 0.5) is 5.69 Å². The minimum atomic E-state index is -3.72. The van der Waals surface area contributed by atoms with Gasteiger partial charge in [-0.3, -0.25) is 4.79 Å². The van der Waals surface area contributed by atoms with E-state index in [-0.39, 0.29) is 17.3 Å². The fraction of sp³-hybridized carbons (Fsp3) is 0.286. The van der Waals surface area contributed by atoms with Gasteiger partial charge in [0.2, 0.25) is 10.0 Å². The second-order valence-electron chi connectivity index (χ2n) is 7.58. The van der Waals surface area contributed by atoms with Crippen molar-refractivity contribution in [3.63, 3.8) is 0 Å². The largest absolute Gasteiger partial charge is 0.368 e. The molecule has 1 aromatic heterocycles. The lowest BCUT2D eigenvalue weighted by Crippen LogP contribution is -2.44. The molecule has 1 saturated heterocycles. The number of carbonyl (C=O) groups is 1. The maximum absolute atomic E-state index is 12.7. The zero-order valence-electron chi connectivity index (χ0n) is 16.8. The molecule has 0 radical (unpaired) electrons. The number of nitrogens with two attached hydrogens (primary N) is 1. The van der Waals surface area contributed by atoms with Crippen molar-refractivity contribution in [1.82, 2.24) is 15.2 Å². The second kappa shape index (κ2) is 8.10. The summed E-state index contributed by atoms with van der Waals surface area (Å²) >= 11 is 0. The van der Waals surface area contributed by atoms with Gasteiger partial charge in [-0.05, 0) is 42.9 Å². The number of aromatic nitrogens is 1. The molecule has 0 unspecified atom stereocenters. The van der Waals surface area contributed by atoms with Crippen LogP contribution in [-0.4, -0.2) is 57.4 Å². The number of fused-ring (bicyclic) bond motifs is 1. The van der Waals surface area contributed by atoms with Crippen molar-refractivity contribution < 1.29 is 13.2 Å². The summed E-state index contributed by atoms with van der Waals surface area (Å²) in [4.78, 5) is 20.6. The van der Waals surface area contributed by atoms with Crippen molar-refractivity contribution in [1.29, 1.82) is 0 Å². The first-order valence-electron chi connectivity index (χ1n) is 9.76. The molecule has 158 valence electrons. The highest BCUT2D eigenvalue weighted by atomic mass is 32.2. The number of piperazine rings is 1. The van der Waals surface area contributed by atoms with E-state index in [0.717, 1.165) is 48.3 Å². The van der Waals surface area contributed by atoms with E-state index in [1.54, 1.807) is 12.1 Å². The standard InChI is InChI=1S/C21H25N5O3S/c1-25-9-11-26(12-10-25)20-4-2-3-18-17(20)13-19(24-18)21(27)23-14-15-5-7-16(8-6-15)30(22,28)29/h2-8,13,24H,9-12,14H2,1H3,(H,23,27)(H2,22,28,29). The highest BCUT2D eigenvalue weighted by Gasteiger charge is 2.18. The number of primary sulfonamides is 1. The molecule has 2 heterocycles. The zero-order valence-corrected chi connectivity index (χ0v) is 17.6. The maximum atomic E-state index is 12.7. The van der Waals surface area contributed by atoms with Crippen LogP contribution in [0.25, 0.3) is 10.9 Å². The number of hydrogen-bond donors (Lipinski definition) is 3. The van der Waals surface area contributed by atoms with Crippen molar-refractivity contribution >= 4 is 32.5 Å². The van der Waals surface area contributed by atoms with E-state index in [1.165, 1.54) is 12.1 Å². The molecule has 1 amide bonds. The van der Waals surface area contributed by atoms with Gasteiger partial charge in [0.15, 0.2) is 0 Å². The Morgan fingerprint density at radius 3 is 2.47 bits per heavy atom. The predicted octanol–water partition coefficient (Wildman–Crippen LogP) is 1.50. The Kier molecular flexibility index (Phi) is 5.50. The summed E-state index contributed by atoms with van der Waals surface area (Å²) in [5.41, 5.74) is 3.33. The third-order valence-corrected chi connectivity index (χ3v) is 6.36. The number of rotatable bonds is 5. The van der Waals surface area contributed by atoms with Gasteiger partial charge in [0.05, 0.1) is 4.90 Å².